The largest absolute Gasteiger partial charge is 0.493 e. The molecule has 0 saturated carbocycles. The lowest BCUT2D eigenvalue weighted by atomic mass is 10.1. The lowest BCUT2D eigenvalue weighted by molar-refractivity contribution is 0.309. The van der Waals surface area contributed by atoms with Crippen molar-refractivity contribution in [2.24, 2.45) is 0 Å². The number of ether oxygens (including phenoxy) is 1. The second-order valence-electron chi connectivity index (χ2n) is 5.98. The first-order chi connectivity index (χ1) is 12.6. The van der Waals surface area contributed by atoms with E-state index in [0.29, 0.717) is 17.7 Å². The second-order valence-corrected chi connectivity index (χ2v) is 7.63. The highest BCUT2D eigenvalue weighted by atomic mass is 32.2. The summed E-state index contributed by atoms with van der Waals surface area (Å²) in [5, 5.41) is 1.41. The van der Waals surface area contributed by atoms with Gasteiger partial charge in [0.05, 0.1) is 11.5 Å². The summed E-state index contributed by atoms with van der Waals surface area (Å²) in [5.41, 5.74) is 0. The van der Waals surface area contributed by atoms with Crippen LogP contribution in [0.3, 0.4) is 0 Å². The standard InChI is InChI=1S/C20H22N2O3S/c1-2-3-8-15-25-18-12-13-19(17-10-5-4-9-16(17)18)26(23,24)22-20-11-6-7-14-21-20/h4-7,9-14H,2-3,8,15H2,1H3,(H,21,22). The van der Waals surface area contributed by atoms with Gasteiger partial charge < -0.3 is 4.74 Å². The van der Waals surface area contributed by atoms with Gasteiger partial charge in [0.15, 0.2) is 0 Å². The first kappa shape index (κ1) is 18.2. The van der Waals surface area contributed by atoms with Crippen LogP contribution < -0.4 is 9.46 Å². The zero-order valence-electron chi connectivity index (χ0n) is 14.7. The summed E-state index contributed by atoms with van der Waals surface area (Å²) in [6.45, 7) is 2.76. The molecule has 0 atom stereocenters. The van der Waals surface area contributed by atoms with E-state index in [-0.39, 0.29) is 10.7 Å². The zero-order valence-corrected chi connectivity index (χ0v) is 15.5. The maximum absolute atomic E-state index is 12.8. The molecule has 0 spiro atoms. The minimum Gasteiger partial charge on any atom is -0.493 e. The minimum atomic E-state index is -3.75. The van der Waals surface area contributed by atoms with Gasteiger partial charge >= 0.3 is 0 Å². The zero-order chi connectivity index (χ0) is 18.4. The van der Waals surface area contributed by atoms with Gasteiger partial charge in [-0.15, -0.1) is 0 Å². The number of benzene rings is 2. The van der Waals surface area contributed by atoms with Gasteiger partial charge in [-0.05, 0) is 30.7 Å². The van der Waals surface area contributed by atoms with E-state index in [1.54, 1.807) is 42.6 Å². The van der Waals surface area contributed by atoms with Crippen LogP contribution in [0.1, 0.15) is 26.2 Å². The van der Waals surface area contributed by atoms with Crippen molar-refractivity contribution in [3.63, 3.8) is 0 Å². The fourth-order valence-corrected chi connectivity index (χ4v) is 3.97. The number of sulfonamides is 1. The van der Waals surface area contributed by atoms with E-state index in [2.05, 4.69) is 16.6 Å². The van der Waals surface area contributed by atoms with Crippen LogP contribution in [-0.4, -0.2) is 20.0 Å². The van der Waals surface area contributed by atoms with Crippen LogP contribution in [0.5, 0.6) is 5.75 Å². The quantitative estimate of drug-likeness (QED) is 0.588. The number of rotatable bonds is 8. The second kappa shape index (κ2) is 8.19. The lowest BCUT2D eigenvalue weighted by Crippen LogP contribution is -2.14. The smallest absolute Gasteiger partial charge is 0.263 e. The topological polar surface area (TPSA) is 68.3 Å². The summed E-state index contributed by atoms with van der Waals surface area (Å²) in [5.74, 6) is 0.991. The van der Waals surface area contributed by atoms with Crippen LogP contribution in [-0.2, 0) is 10.0 Å². The van der Waals surface area contributed by atoms with Gasteiger partial charge in [0.1, 0.15) is 11.6 Å². The van der Waals surface area contributed by atoms with Crippen LogP contribution in [0.2, 0.25) is 0 Å². The lowest BCUT2D eigenvalue weighted by Gasteiger charge is -2.13. The molecule has 0 bridgehead atoms. The van der Waals surface area contributed by atoms with Gasteiger partial charge in [-0.1, -0.05) is 50.1 Å². The van der Waals surface area contributed by atoms with Crippen LogP contribution in [0.4, 0.5) is 5.82 Å². The van der Waals surface area contributed by atoms with E-state index >= 15 is 0 Å². The molecule has 0 aliphatic heterocycles. The number of fused-ring (bicyclic) bond motifs is 1. The number of unbranched alkanes of at least 4 members (excludes halogenated alkanes) is 2. The van der Waals surface area contributed by atoms with Gasteiger partial charge in [-0.25, -0.2) is 13.4 Å². The predicted molar refractivity (Wildman–Crippen MR) is 104 cm³/mol. The molecule has 0 amide bonds. The highest BCUT2D eigenvalue weighted by Crippen LogP contribution is 2.32. The summed E-state index contributed by atoms with van der Waals surface area (Å²) in [6.07, 6.45) is 4.76. The van der Waals surface area contributed by atoms with Crippen molar-refractivity contribution >= 4 is 26.6 Å². The Hall–Kier alpha value is -2.60. The Morgan fingerprint density at radius 1 is 0.962 bits per heavy atom. The average molecular weight is 370 g/mol. The fourth-order valence-electron chi connectivity index (χ4n) is 2.75. The van der Waals surface area contributed by atoms with E-state index in [9.17, 15) is 8.42 Å². The van der Waals surface area contributed by atoms with Crippen molar-refractivity contribution < 1.29 is 13.2 Å². The molecule has 1 aromatic heterocycles. The molecule has 1 N–H and O–H groups in total. The fraction of sp³-hybridized carbons (Fsp3) is 0.250. The number of anilines is 1. The van der Waals surface area contributed by atoms with Gasteiger partial charge in [0, 0.05) is 17.0 Å². The Morgan fingerprint density at radius 3 is 2.46 bits per heavy atom. The molecular formula is C20H22N2O3S. The van der Waals surface area contributed by atoms with Crippen molar-refractivity contribution in [1.29, 1.82) is 0 Å². The number of nitrogens with zero attached hydrogens (tertiary/aromatic N) is 1. The third-order valence-corrected chi connectivity index (χ3v) is 5.46. The summed E-state index contributed by atoms with van der Waals surface area (Å²) in [4.78, 5) is 4.24. The van der Waals surface area contributed by atoms with Gasteiger partial charge in [-0.2, -0.15) is 0 Å². The molecule has 1 heterocycles. The molecule has 0 fully saturated rings. The normalized spacial score (nSPS) is 11.4. The summed E-state index contributed by atoms with van der Waals surface area (Å²) in [7, 11) is -3.75. The molecule has 3 rings (SSSR count). The molecule has 0 aliphatic carbocycles. The third kappa shape index (κ3) is 4.14. The van der Waals surface area contributed by atoms with Crippen LogP contribution in [0, 0.1) is 0 Å². The third-order valence-electron chi connectivity index (χ3n) is 4.04. The van der Waals surface area contributed by atoms with Gasteiger partial charge in [0.2, 0.25) is 0 Å². The Morgan fingerprint density at radius 2 is 1.73 bits per heavy atom. The van der Waals surface area contributed by atoms with Crippen molar-refractivity contribution in [3.8, 4) is 5.75 Å². The van der Waals surface area contributed by atoms with Crippen LogP contribution >= 0.6 is 0 Å². The number of aromatic nitrogens is 1. The van der Waals surface area contributed by atoms with E-state index in [1.807, 2.05) is 18.2 Å². The average Bonchev–Trinajstić information content (AvgIpc) is 2.65. The Kier molecular flexibility index (Phi) is 5.73. The molecule has 0 aliphatic rings. The Labute approximate surface area is 154 Å². The highest BCUT2D eigenvalue weighted by molar-refractivity contribution is 7.93. The van der Waals surface area contributed by atoms with Crippen molar-refractivity contribution in [3.05, 3.63) is 60.8 Å². The number of hydrogen-bond donors (Lipinski definition) is 1. The SMILES string of the molecule is CCCCCOc1ccc(S(=O)(=O)Nc2ccccn2)c2ccccc12. The molecule has 0 saturated heterocycles. The molecule has 3 aromatic rings. The number of pyridine rings is 1. The molecule has 2 aromatic carbocycles. The van der Waals surface area contributed by atoms with Crippen molar-refractivity contribution in [1.82, 2.24) is 4.98 Å². The minimum absolute atomic E-state index is 0.208. The highest BCUT2D eigenvalue weighted by Gasteiger charge is 2.19. The molecule has 6 heteroatoms. The van der Waals surface area contributed by atoms with Gasteiger partial charge in [0.25, 0.3) is 10.0 Å². The Balaban J connectivity index is 1.94. The molecule has 136 valence electrons. The summed E-state index contributed by atoms with van der Waals surface area (Å²) < 4.78 is 34.1. The number of nitrogens with one attached hydrogen (secondary N) is 1. The van der Waals surface area contributed by atoms with E-state index < -0.39 is 10.0 Å². The molecular weight excluding hydrogens is 348 g/mol. The molecule has 26 heavy (non-hydrogen) atoms. The predicted octanol–water partition coefficient (Wildman–Crippen LogP) is 4.60. The van der Waals surface area contributed by atoms with Gasteiger partial charge in [-0.3, -0.25) is 4.72 Å². The number of hydrogen-bond acceptors (Lipinski definition) is 4. The van der Waals surface area contributed by atoms with Crippen molar-refractivity contribution in [2.75, 3.05) is 11.3 Å². The molecule has 0 unspecified atom stereocenters. The first-order valence-electron chi connectivity index (χ1n) is 8.70. The van der Waals surface area contributed by atoms with Crippen molar-refractivity contribution in [2.45, 2.75) is 31.1 Å². The van der Waals surface area contributed by atoms with E-state index in [0.717, 1.165) is 24.6 Å². The maximum Gasteiger partial charge on any atom is 0.263 e. The first-order valence-corrected chi connectivity index (χ1v) is 10.2. The molecule has 5 nitrogen and oxygen atoms in total. The summed E-state index contributed by atoms with van der Waals surface area (Å²) in [6, 6.07) is 15.8. The Bertz CT molecular complexity index is 973. The maximum atomic E-state index is 12.8. The molecule has 0 radical (unpaired) electrons. The van der Waals surface area contributed by atoms with Crippen LogP contribution in [0.15, 0.2) is 65.7 Å². The van der Waals surface area contributed by atoms with E-state index in [4.69, 9.17) is 4.74 Å². The van der Waals surface area contributed by atoms with E-state index in [1.165, 1.54) is 0 Å². The van der Waals surface area contributed by atoms with Crippen LogP contribution in [0.25, 0.3) is 10.8 Å². The monoisotopic (exact) mass is 370 g/mol. The summed E-state index contributed by atoms with van der Waals surface area (Å²) >= 11 is 0.